The number of amides is 1. The molecule has 1 atom stereocenters. The summed E-state index contributed by atoms with van der Waals surface area (Å²) < 4.78 is 0. The standard InChI is InChI=1S/C14H21N3O/c1-10-7-14(8-11(2)15-10)16-13-5-4-6-17(9-13)12(3)18/h7-8,13H,4-6,9H2,1-3H3,(H,15,16)/t13-/m1/s1. The van der Waals surface area contributed by atoms with Gasteiger partial charge in [-0.2, -0.15) is 0 Å². The van der Waals surface area contributed by atoms with Crippen molar-refractivity contribution in [2.45, 2.75) is 39.7 Å². The third-order valence-corrected chi connectivity index (χ3v) is 3.32. The zero-order valence-corrected chi connectivity index (χ0v) is 11.4. The van der Waals surface area contributed by atoms with Gasteiger partial charge < -0.3 is 10.2 Å². The van der Waals surface area contributed by atoms with E-state index in [1.165, 1.54) is 0 Å². The van der Waals surface area contributed by atoms with E-state index in [4.69, 9.17) is 0 Å². The van der Waals surface area contributed by atoms with Crippen LogP contribution >= 0.6 is 0 Å². The van der Waals surface area contributed by atoms with Crippen molar-refractivity contribution in [2.75, 3.05) is 18.4 Å². The van der Waals surface area contributed by atoms with Crippen molar-refractivity contribution < 1.29 is 4.79 Å². The molecule has 1 fully saturated rings. The molecule has 0 spiro atoms. The first-order chi connectivity index (χ1) is 8.54. The molecular formula is C14H21N3O. The van der Waals surface area contributed by atoms with Gasteiger partial charge in [0.2, 0.25) is 5.91 Å². The van der Waals surface area contributed by atoms with Gasteiger partial charge in [0, 0.05) is 43.1 Å². The third kappa shape index (κ3) is 3.22. The topological polar surface area (TPSA) is 45.2 Å². The Bertz CT molecular complexity index is 424. The van der Waals surface area contributed by atoms with Crippen molar-refractivity contribution in [1.82, 2.24) is 9.88 Å². The summed E-state index contributed by atoms with van der Waals surface area (Å²) >= 11 is 0. The molecule has 1 amide bonds. The quantitative estimate of drug-likeness (QED) is 0.870. The Morgan fingerprint density at radius 2 is 2.06 bits per heavy atom. The second-order valence-electron chi connectivity index (χ2n) is 5.09. The molecule has 1 saturated heterocycles. The number of pyridine rings is 1. The number of anilines is 1. The molecule has 98 valence electrons. The lowest BCUT2D eigenvalue weighted by molar-refractivity contribution is -0.129. The highest BCUT2D eigenvalue weighted by Crippen LogP contribution is 2.17. The molecule has 0 bridgehead atoms. The van der Waals surface area contributed by atoms with Crippen LogP contribution in [0, 0.1) is 13.8 Å². The first-order valence-corrected chi connectivity index (χ1v) is 6.52. The summed E-state index contributed by atoms with van der Waals surface area (Å²) in [5, 5.41) is 3.51. The van der Waals surface area contributed by atoms with Crippen molar-refractivity contribution >= 4 is 11.6 Å². The minimum atomic E-state index is 0.170. The number of nitrogens with zero attached hydrogens (tertiary/aromatic N) is 2. The van der Waals surface area contributed by atoms with E-state index in [9.17, 15) is 4.79 Å². The van der Waals surface area contributed by atoms with Gasteiger partial charge in [-0.15, -0.1) is 0 Å². The fourth-order valence-electron chi connectivity index (χ4n) is 2.53. The van der Waals surface area contributed by atoms with Crippen LogP contribution in [0.15, 0.2) is 12.1 Å². The molecule has 1 aliphatic rings. The Kier molecular flexibility index (Phi) is 3.84. The van der Waals surface area contributed by atoms with Gasteiger partial charge in [-0.05, 0) is 38.8 Å². The van der Waals surface area contributed by atoms with Crippen molar-refractivity contribution in [3.63, 3.8) is 0 Å². The van der Waals surface area contributed by atoms with Crippen LogP contribution in [0.3, 0.4) is 0 Å². The first-order valence-electron chi connectivity index (χ1n) is 6.52. The maximum atomic E-state index is 11.4. The average molecular weight is 247 g/mol. The number of likely N-dealkylation sites (tertiary alicyclic amines) is 1. The Morgan fingerprint density at radius 3 is 2.67 bits per heavy atom. The molecule has 18 heavy (non-hydrogen) atoms. The van der Waals surface area contributed by atoms with Crippen LogP contribution in [-0.2, 0) is 4.79 Å². The number of piperidine rings is 1. The van der Waals surface area contributed by atoms with Crippen molar-refractivity contribution in [3.8, 4) is 0 Å². The summed E-state index contributed by atoms with van der Waals surface area (Å²) in [6, 6.07) is 4.46. The van der Waals surface area contributed by atoms with E-state index in [0.717, 1.165) is 43.0 Å². The molecule has 0 radical (unpaired) electrons. The van der Waals surface area contributed by atoms with Crippen LogP contribution < -0.4 is 5.32 Å². The highest BCUT2D eigenvalue weighted by molar-refractivity contribution is 5.73. The number of rotatable bonds is 2. The van der Waals surface area contributed by atoms with Gasteiger partial charge in [0.15, 0.2) is 0 Å². The Labute approximate surface area is 108 Å². The highest BCUT2D eigenvalue weighted by Gasteiger charge is 2.21. The number of aromatic nitrogens is 1. The number of hydrogen-bond acceptors (Lipinski definition) is 3. The van der Waals surface area contributed by atoms with Crippen LogP contribution in [0.2, 0.25) is 0 Å². The molecule has 1 N–H and O–H groups in total. The molecule has 4 heteroatoms. The normalized spacial score (nSPS) is 19.7. The van der Waals surface area contributed by atoms with Crippen molar-refractivity contribution in [1.29, 1.82) is 0 Å². The predicted molar refractivity (Wildman–Crippen MR) is 72.6 cm³/mol. The van der Waals surface area contributed by atoms with E-state index in [0.29, 0.717) is 6.04 Å². The Morgan fingerprint density at radius 1 is 1.39 bits per heavy atom. The summed E-state index contributed by atoms with van der Waals surface area (Å²) in [5.41, 5.74) is 3.16. The molecule has 0 aliphatic carbocycles. The molecule has 2 rings (SSSR count). The minimum Gasteiger partial charge on any atom is -0.380 e. The maximum absolute atomic E-state index is 11.4. The van der Waals surface area contributed by atoms with E-state index < -0.39 is 0 Å². The van der Waals surface area contributed by atoms with Crippen molar-refractivity contribution in [3.05, 3.63) is 23.5 Å². The van der Waals surface area contributed by atoms with Gasteiger partial charge in [-0.1, -0.05) is 0 Å². The third-order valence-electron chi connectivity index (χ3n) is 3.32. The Balaban J connectivity index is 2.02. The lowest BCUT2D eigenvalue weighted by atomic mass is 10.1. The van der Waals surface area contributed by atoms with E-state index >= 15 is 0 Å². The van der Waals surface area contributed by atoms with Crippen LogP contribution in [-0.4, -0.2) is 34.9 Å². The number of carbonyl (C=O) groups excluding carboxylic acids is 1. The number of hydrogen-bond donors (Lipinski definition) is 1. The largest absolute Gasteiger partial charge is 0.380 e. The van der Waals surface area contributed by atoms with Gasteiger partial charge in [-0.25, -0.2) is 0 Å². The second-order valence-corrected chi connectivity index (χ2v) is 5.09. The van der Waals surface area contributed by atoms with Crippen LogP contribution in [0.25, 0.3) is 0 Å². The molecule has 0 saturated carbocycles. The van der Waals surface area contributed by atoms with Gasteiger partial charge >= 0.3 is 0 Å². The Hall–Kier alpha value is -1.58. The average Bonchev–Trinajstić information content (AvgIpc) is 2.27. The van der Waals surface area contributed by atoms with Crippen LogP contribution in [0.5, 0.6) is 0 Å². The summed E-state index contributed by atoms with van der Waals surface area (Å²) in [6.07, 6.45) is 2.19. The van der Waals surface area contributed by atoms with Crippen LogP contribution in [0.4, 0.5) is 5.69 Å². The predicted octanol–water partition coefficient (Wildman–Crippen LogP) is 2.12. The van der Waals surface area contributed by atoms with Gasteiger partial charge in [0.25, 0.3) is 0 Å². The number of aryl methyl sites for hydroxylation is 2. The molecule has 1 aliphatic heterocycles. The van der Waals surface area contributed by atoms with Crippen LogP contribution in [0.1, 0.15) is 31.2 Å². The SMILES string of the molecule is CC(=O)N1CCC[C@@H](Nc2cc(C)nc(C)c2)C1. The number of carbonyl (C=O) groups is 1. The molecule has 0 unspecified atom stereocenters. The second kappa shape index (κ2) is 5.38. The zero-order chi connectivity index (χ0) is 13.1. The lowest BCUT2D eigenvalue weighted by Crippen LogP contribution is -2.44. The van der Waals surface area contributed by atoms with E-state index in [1.54, 1.807) is 6.92 Å². The summed E-state index contributed by atoms with van der Waals surface area (Å²) in [6.45, 7) is 7.34. The van der Waals surface area contributed by atoms with Gasteiger partial charge in [0.1, 0.15) is 0 Å². The molecule has 4 nitrogen and oxygen atoms in total. The molecule has 0 aromatic carbocycles. The highest BCUT2D eigenvalue weighted by atomic mass is 16.2. The lowest BCUT2D eigenvalue weighted by Gasteiger charge is -2.33. The van der Waals surface area contributed by atoms with Gasteiger partial charge in [-0.3, -0.25) is 9.78 Å². The zero-order valence-electron chi connectivity index (χ0n) is 11.4. The van der Waals surface area contributed by atoms with Crippen molar-refractivity contribution in [2.24, 2.45) is 0 Å². The summed E-state index contributed by atoms with van der Waals surface area (Å²) in [4.78, 5) is 17.7. The molecule has 1 aromatic rings. The monoisotopic (exact) mass is 247 g/mol. The fourth-order valence-corrected chi connectivity index (χ4v) is 2.53. The molecular weight excluding hydrogens is 226 g/mol. The van der Waals surface area contributed by atoms with Gasteiger partial charge in [0.05, 0.1) is 0 Å². The molecule has 1 aromatic heterocycles. The summed E-state index contributed by atoms with van der Waals surface area (Å²) in [5.74, 6) is 0.170. The minimum absolute atomic E-state index is 0.170. The maximum Gasteiger partial charge on any atom is 0.219 e. The smallest absolute Gasteiger partial charge is 0.219 e. The van der Waals surface area contributed by atoms with E-state index in [2.05, 4.69) is 22.4 Å². The molecule has 2 heterocycles. The first kappa shape index (κ1) is 12.9. The summed E-state index contributed by atoms with van der Waals surface area (Å²) in [7, 11) is 0. The number of nitrogens with one attached hydrogen (secondary N) is 1. The van der Waals surface area contributed by atoms with E-state index in [-0.39, 0.29) is 5.91 Å². The fraction of sp³-hybridized carbons (Fsp3) is 0.571. The van der Waals surface area contributed by atoms with E-state index in [1.807, 2.05) is 18.7 Å².